The zero-order valence-electron chi connectivity index (χ0n) is 13.0. The molecule has 5 nitrogen and oxygen atoms in total. The van der Waals surface area contributed by atoms with Crippen LogP contribution in [0.2, 0.25) is 0 Å². The van der Waals surface area contributed by atoms with Crippen LogP contribution in [0, 0.1) is 5.82 Å². The SMILES string of the molecule is CC(C)Oc1cncc(C(=O)NCc2ccc(F)c(CO)c2)c1. The second-order valence-corrected chi connectivity index (χ2v) is 5.34. The predicted octanol–water partition coefficient (Wildman–Crippen LogP) is 2.43. The van der Waals surface area contributed by atoms with Gasteiger partial charge in [0.05, 0.1) is 24.5 Å². The highest BCUT2D eigenvalue weighted by Gasteiger charge is 2.09. The zero-order valence-corrected chi connectivity index (χ0v) is 13.0. The van der Waals surface area contributed by atoms with E-state index in [1.54, 1.807) is 18.3 Å². The number of halogens is 1. The average molecular weight is 318 g/mol. The minimum absolute atomic E-state index is 0.00812. The van der Waals surface area contributed by atoms with Crippen molar-refractivity contribution in [2.75, 3.05) is 0 Å². The second-order valence-electron chi connectivity index (χ2n) is 5.34. The Labute approximate surface area is 134 Å². The van der Waals surface area contributed by atoms with Gasteiger partial charge in [0.2, 0.25) is 0 Å². The van der Waals surface area contributed by atoms with E-state index in [0.717, 1.165) is 0 Å². The molecular formula is C17H19FN2O3. The van der Waals surface area contributed by atoms with E-state index in [1.165, 1.54) is 18.3 Å². The maximum atomic E-state index is 13.3. The van der Waals surface area contributed by atoms with E-state index in [4.69, 9.17) is 9.84 Å². The van der Waals surface area contributed by atoms with Crippen LogP contribution in [-0.4, -0.2) is 22.1 Å². The molecule has 0 saturated carbocycles. The molecule has 0 bridgehead atoms. The third-order valence-corrected chi connectivity index (χ3v) is 3.08. The van der Waals surface area contributed by atoms with Crippen LogP contribution in [-0.2, 0) is 13.2 Å². The van der Waals surface area contributed by atoms with Crippen molar-refractivity contribution in [3.05, 3.63) is 59.2 Å². The number of rotatable bonds is 6. The number of benzene rings is 1. The number of carbonyl (C=O) groups excluding carboxylic acids is 1. The summed E-state index contributed by atoms with van der Waals surface area (Å²) in [5.41, 5.74) is 1.28. The molecule has 2 N–H and O–H groups in total. The average Bonchev–Trinajstić information content (AvgIpc) is 2.53. The van der Waals surface area contributed by atoms with Gasteiger partial charge in [0.1, 0.15) is 11.6 Å². The number of hydrogen-bond acceptors (Lipinski definition) is 4. The van der Waals surface area contributed by atoms with Gasteiger partial charge in [-0.3, -0.25) is 9.78 Å². The summed E-state index contributed by atoms with van der Waals surface area (Å²) in [7, 11) is 0. The van der Waals surface area contributed by atoms with Crippen molar-refractivity contribution in [1.82, 2.24) is 10.3 Å². The number of nitrogens with zero attached hydrogens (tertiary/aromatic N) is 1. The Bertz CT molecular complexity index is 689. The van der Waals surface area contributed by atoms with Crippen LogP contribution in [0.1, 0.15) is 35.3 Å². The summed E-state index contributed by atoms with van der Waals surface area (Å²) >= 11 is 0. The van der Waals surface area contributed by atoms with E-state index >= 15 is 0 Å². The number of carbonyl (C=O) groups is 1. The Morgan fingerprint density at radius 1 is 1.35 bits per heavy atom. The van der Waals surface area contributed by atoms with E-state index in [-0.39, 0.29) is 30.7 Å². The van der Waals surface area contributed by atoms with E-state index in [2.05, 4.69) is 10.3 Å². The summed E-state index contributed by atoms with van der Waals surface area (Å²) < 4.78 is 18.8. The molecule has 0 saturated heterocycles. The van der Waals surface area contributed by atoms with Crippen LogP contribution in [0.15, 0.2) is 36.7 Å². The van der Waals surface area contributed by atoms with Crippen LogP contribution in [0.5, 0.6) is 5.75 Å². The van der Waals surface area contributed by atoms with E-state index in [1.807, 2.05) is 13.8 Å². The van der Waals surface area contributed by atoms with Gasteiger partial charge in [-0.05, 0) is 37.6 Å². The van der Waals surface area contributed by atoms with Gasteiger partial charge in [-0.1, -0.05) is 6.07 Å². The molecule has 23 heavy (non-hydrogen) atoms. The highest BCUT2D eigenvalue weighted by Crippen LogP contribution is 2.14. The molecule has 1 amide bonds. The molecule has 1 aromatic heterocycles. The lowest BCUT2D eigenvalue weighted by Gasteiger charge is -2.11. The Morgan fingerprint density at radius 3 is 2.83 bits per heavy atom. The largest absolute Gasteiger partial charge is 0.489 e. The number of ether oxygens (including phenoxy) is 1. The molecule has 0 aliphatic carbocycles. The fraction of sp³-hybridized carbons (Fsp3) is 0.294. The summed E-state index contributed by atoms with van der Waals surface area (Å²) in [6.45, 7) is 3.62. The van der Waals surface area contributed by atoms with Crippen molar-refractivity contribution >= 4 is 5.91 Å². The van der Waals surface area contributed by atoms with Crippen molar-refractivity contribution in [2.24, 2.45) is 0 Å². The van der Waals surface area contributed by atoms with Crippen molar-refractivity contribution in [1.29, 1.82) is 0 Å². The summed E-state index contributed by atoms with van der Waals surface area (Å²) in [6, 6.07) is 5.97. The van der Waals surface area contributed by atoms with Crippen LogP contribution in [0.4, 0.5) is 4.39 Å². The third-order valence-electron chi connectivity index (χ3n) is 3.08. The molecular weight excluding hydrogens is 299 g/mol. The molecule has 0 radical (unpaired) electrons. The van der Waals surface area contributed by atoms with E-state index in [9.17, 15) is 9.18 Å². The monoisotopic (exact) mass is 318 g/mol. The summed E-state index contributed by atoms with van der Waals surface area (Å²) in [4.78, 5) is 16.1. The standard InChI is InChI=1S/C17H19FN2O3/c1-11(2)23-15-6-13(8-19-9-15)17(22)20-7-12-3-4-16(18)14(5-12)10-21/h3-6,8-9,11,21H,7,10H2,1-2H3,(H,20,22). The normalized spacial score (nSPS) is 10.7. The molecule has 122 valence electrons. The van der Waals surface area contributed by atoms with Gasteiger partial charge in [-0.15, -0.1) is 0 Å². The minimum atomic E-state index is -0.467. The van der Waals surface area contributed by atoms with Crippen LogP contribution in [0.3, 0.4) is 0 Å². The lowest BCUT2D eigenvalue weighted by Crippen LogP contribution is -2.23. The fourth-order valence-corrected chi connectivity index (χ4v) is 2.02. The lowest BCUT2D eigenvalue weighted by molar-refractivity contribution is 0.0949. The predicted molar refractivity (Wildman–Crippen MR) is 83.5 cm³/mol. The Balaban J connectivity index is 2.02. The molecule has 1 aromatic carbocycles. The molecule has 2 aromatic rings. The van der Waals surface area contributed by atoms with Crippen LogP contribution >= 0.6 is 0 Å². The number of amides is 1. The number of aliphatic hydroxyl groups excluding tert-OH is 1. The molecule has 1 heterocycles. The molecule has 0 atom stereocenters. The summed E-state index contributed by atoms with van der Waals surface area (Å²) in [5.74, 6) is -0.246. The van der Waals surface area contributed by atoms with Crippen LogP contribution in [0.25, 0.3) is 0 Å². The number of pyridine rings is 1. The molecule has 0 aliphatic heterocycles. The molecule has 0 aliphatic rings. The third kappa shape index (κ3) is 4.75. The fourth-order valence-electron chi connectivity index (χ4n) is 2.02. The Hall–Kier alpha value is -2.47. The molecule has 6 heteroatoms. The topological polar surface area (TPSA) is 71.5 Å². The Kier molecular flexibility index (Phi) is 5.65. The first kappa shape index (κ1) is 16.9. The Morgan fingerprint density at radius 2 is 2.13 bits per heavy atom. The smallest absolute Gasteiger partial charge is 0.253 e. The van der Waals surface area contributed by atoms with Crippen LogP contribution < -0.4 is 10.1 Å². The molecule has 0 unspecified atom stereocenters. The first-order valence-electron chi connectivity index (χ1n) is 7.27. The minimum Gasteiger partial charge on any atom is -0.489 e. The molecule has 0 fully saturated rings. The van der Waals surface area contributed by atoms with Gasteiger partial charge in [0.15, 0.2) is 0 Å². The summed E-state index contributed by atoms with van der Waals surface area (Å²) in [5, 5.41) is 11.8. The van der Waals surface area contributed by atoms with E-state index in [0.29, 0.717) is 16.9 Å². The quantitative estimate of drug-likeness (QED) is 0.858. The van der Waals surface area contributed by atoms with Crippen molar-refractivity contribution in [2.45, 2.75) is 33.1 Å². The number of aromatic nitrogens is 1. The number of aliphatic hydroxyl groups is 1. The zero-order chi connectivity index (χ0) is 16.8. The van der Waals surface area contributed by atoms with Gasteiger partial charge in [-0.2, -0.15) is 0 Å². The van der Waals surface area contributed by atoms with Crippen molar-refractivity contribution in [3.63, 3.8) is 0 Å². The highest BCUT2D eigenvalue weighted by molar-refractivity contribution is 5.94. The van der Waals surface area contributed by atoms with Gasteiger partial charge < -0.3 is 15.2 Å². The number of nitrogens with one attached hydrogen (secondary N) is 1. The highest BCUT2D eigenvalue weighted by atomic mass is 19.1. The lowest BCUT2D eigenvalue weighted by atomic mass is 10.1. The number of hydrogen-bond donors (Lipinski definition) is 2. The first-order valence-corrected chi connectivity index (χ1v) is 7.27. The first-order chi connectivity index (χ1) is 11.0. The van der Waals surface area contributed by atoms with Gasteiger partial charge in [-0.25, -0.2) is 4.39 Å². The molecule has 0 spiro atoms. The van der Waals surface area contributed by atoms with Crippen molar-refractivity contribution < 1.29 is 19.0 Å². The van der Waals surface area contributed by atoms with Gasteiger partial charge >= 0.3 is 0 Å². The van der Waals surface area contributed by atoms with Gasteiger partial charge in [0, 0.05) is 18.3 Å². The maximum Gasteiger partial charge on any atom is 0.253 e. The second kappa shape index (κ2) is 7.69. The molecule has 2 rings (SSSR count). The van der Waals surface area contributed by atoms with Crippen molar-refractivity contribution in [3.8, 4) is 5.75 Å². The van der Waals surface area contributed by atoms with Gasteiger partial charge in [0.25, 0.3) is 5.91 Å². The van der Waals surface area contributed by atoms with E-state index < -0.39 is 5.82 Å². The summed E-state index contributed by atoms with van der Waals surface area (Å²) in [6.07, 6.45) is 2.99. The maximum absolute atomic E-state index is 13.3.